The number of benzene rings is 1. The molecule has 0 unspecified atom stereocenters. The number of para-hydroxylation sites is 2. The second kappa shape index (κ2) is 4.68. The van der Waals surface area contributed by atoms with Crippen molar-refractivity contribution in [2.75, 3.05) is 0 Å². The van der Waals surface area contributed by atoms with Crippen LogP contribution in [0.3, 0.4) is 0 Å². The van der Waals surface area contributed by atoms with Gasteiger partial charge in [0.1, 0.15) is 5.82 Å². The lowest BCUT2D eigenvalue weighted by atomic mass is 10.2. The highest BCUT2D eigenvalue weighted by Gasteiger charge is 2.11. The minimum absolute atomic E-state index is 0.256. The molecular formula is C15H10N4OS. The van der Waals surface area contributed by atoms with Crippen molar-refractivity contribution in [1.29, 1.82) is 0 Å². The molecule has 0 spiro atoms. The highest BCUT2D eigenvalue weighted by molar-refractivity contribution is 7.08. The summed E-state index contributed by atoms with van der Waals surface area (Å²) in [5.74, 6) is 0.552. The molecule has 0 amide bonds. The monoisotopic (exact) mass is 294 g/mol. The summed E-state index contributed by atoms with van der Waals surface area (Å²) >= 11 is 1.59. The Hall–Kier alpha value is -2.73. The van der Waals surface area contributed by atoms with Crippen molar-refractivity contribution in [3.63, 3.8) is 0 Å². The molecule has 3 heterocycles. The zero-order valence-corrected chi connectivity index (χ0v) is 11.6. The van der Waals surface area contributed by atoms with E-state index in [1.165, 1.54) is 0 Å². The maximum absolute atomic E-state index is 12.0. The van der Waals surface area contributed by atoms with E-state index < -0.39 is 0 Å². The van der Waals surface area contributed by atoms with Gasteiger partial charge >= 0.3 is 0 Å². The summed E-state index contributed by atoms with van der Waals surface area (Å²) in [6.45, 7) is 0. The third-order valence-electron chi connectivity index (χ3n) is 3.27. The van der Waals surface area contributed by atoms with Gasteiger partial charge in [0.05, 0.1) is 22.3 Å². The van der Waals surface area contributed by atoms with Gasteiger partial charge in [-0.3, -0.25) is 4.79 Å². The summed E-state index contributed by atoms with van der Waals surface area (Å²) in [6.07, 6.45) is 0. The molecule has 0 aliphatic heterocycles. The zero-order chi connectivity index (χ0) is 14.2. The first kappa shape index (κ1) is 12.0. The van der Waals surface area contributed by atoms with Crippen molar-refractivity contribution in [2.24, 2.45) is 0 Å². The van der Waals surface area contributed by atoms with E-state index in [0.29, 0.717) is 11.4 Å². The molecule has 0 atom stereocenters. The van der Waals surface area contributed by atoms with Gasteiger partial charge in [-0.25, -0.2) is 10.1 Å². The zero-order valence-electron chi connectivity index (χ0n) is 10.8. The molecule has 4 rings (SSSR count). The van der Waals surface area contributed by atoms with Crippen molar-refractivity contribution >= 4 is 22.4 Å². The fourth-order valence-corrected chi connectivity index (χ4v) is 2.87. The number of nitrogens with zero attached hydrogens (tertiary/aromatic N) is 2. The first-order valence-corrected chi connectivity index (χ1v) is 7.33. The van der Waals surface area contributed by atoms with Crippen LogP contribution in [0.15, 0.2) is 52.0 Å². The van der Waals surface area contributed by atoms with Crippen molar-refractivity contribution in [1.82, 2.24) is 20.2 Å². The maximum atomic E-state index is 12.0. The van der Waals surface area contributed by atoms with Crippen LogP contribution in [-0.4, -0.2) is 20.2 Å². The number of imidazole rings is 1. The Balaban J connectivity index is 1.91. The Morgan fingerprint density at radius 2 is 2.05 bits per heavy atom. The molecular weight excluding hydrogens is 284 g/mol. The SMILES string of the molecule is O=c1[nH]nc(-c2ccsc2)cc1-c1nc2ccccc2[nH]1. The maximum Gasteiger partial charge on any atom is 0.275 e. The van der Waals surface area contributed by atoms with Crippen molar-refractivity contribution in [2.45, 2.75) is 0 Å². The van der Waals surface area contributed by atoms with E-state index in [2.05, 4.69) is 20.2 Å². The van der Waals surface area contributed by atoms with Gasteiger partial charge in [-0.2, -0.15) is 16.4 Å². The minimum Gasteiger partial charge on any atom is -0.338 e. The molecule has 0 radical (unpaired) electrons. The first-order valence-electron chi connectivity index (χ1n) is 6.39. The van der Waals surface area contributed by atoms with Crippen molar-refractivity contribution in [3.05, 3.63) is 57.5 Å². The van der Waals surface area contributed by atoms with Crippen LogP contribution in [-0.2, 0) is 0 Å². The van der Waals surface area contributed by atoms with E-state index in [0.717, 1.165) is 22.3 Å². The van der Waals surface area contributed by atoms with Gasteiger partial charge in [-0.1, -0.05) is 12.1 Å². The molecule has 0 aliphatic rings. The Labute approximate surface area is 123 Å². The van der Waals surface area contributed by atoms with Crippen molar-refractivity contribution in [3.8, 4) is 22.6 Å². The second-order valence-corrected chi connectivity index (χ2v) is 5.39. The van der Waals surface area contributed by atoms with Crippen LogP contribution < -0.4 is 5.56 Å². The Bertz CT molecular complexity index is 936. The van der Waals surface area contributed by atoms with Gasteiger partial charge in [0, 0.05) is 10.9 Å². The number of nitrogens with one attached hydrogen (secondary N) is 2. The van der Waals surface area contributed by atoms with Crippen LogP contribution in [0.4, 0.5) is 0 Å². The van der Waals surface area contributed by atoms with Gasteiger partial charge in [0.2, 0.25) is 0 Å². The van der Waals surface area contributed by atoms with Gasteiger partial charge in [-0.05, 0) is 29.6 Å². The fraction of sp³-hybridized carbons (Fsp3) is 0. The van der Waals surface area contributed by atoms with E-state index in [1.54, 1.807) is 17.4 Å². The average Bonchev–Trinajstić information content (AvgIpc) is 3.17. The summed E-state index contributed by atoms with van der Waals surface area (Å²) in [7, 11) is 0. The van der Waals surface area contributed by atoms with Crippen LogP contribution in [0.25, 0.3) is 33.7 Å². The molecule has 1 aromatic carbocycles. The van der Waals surface area contributed by atoms with Crippen molar-refractivity contribution < 1.29 is 0 Å². The molecule has 2 N–H and O–H groups in total. The lowest BCUT2D eigenvalue weighted by Crippen LogP contribution is -2.11. The number of fused-ring (bicyclic) bond motifs is 1. The number of H-pyrrole nitrogens is 2. The molecule has 0 saturated carbocycles. The van der Waals surface area contributed by atoms with E-state index in [4.69, 9.17) is 0 Å². The number of hydrogen-bond acceptors (Lipinski definition) is 4. The van der Waals surface area contributed by atoms with E-state index in [-0.39, 0.29) is 5.56 Å². The number of aromatic nitrogens is 4. The van der Waals surface area contributed by atoms with E-state index >= 15 is 0 Å². The Kier molecular flexibility index (Phi) is 2.68. The van der Waals surface area contributed by atoms with Crippen LogP contribution in [0.2, 0.25) is 0 Å². The number of hydrogen-bond donors (Lipinski definition) is 2. The largest absolute Gasteiger partial charge is 0.338 e. The number of aromatic amines is 2. The van der Waals surface area contributed by atoms with Crippen LogP contribution in [0.1, 0.15) is 0 Å². The molecule has 0 fully saturated rings. The van der Waals surface area contributed by atoms with E-state index in [1.807, 2.05) is 41.1 Å². The molecule has 0 bridgehead atoms. The predicted octanol–water partition coefficient (Wildman–Crippen LogP) is 3.04. The lowest BCUT2D eigenvalue weighted by molar-refractivity contribution is 0.994. The normalized spacial score (nSPS) is 11.0. The average molecular weight is 294 g/mol. The Morgan fingerprint density at radius 1 is 1.14 bits per heavy atom. The lowest BCUT2D eigenvalue weighted by Gasteiger charge is -1.99. The fourth-order valence-electron chi connectivity index (χ4n) is 2.22. The first-order chi connectivity index (χ1) is 10.3. The van der Waals surface area contributed by atoms with Crippen LogP contribution >= 0.6 is 11.3 Å². The third-order valence-corrected chi connectivity index (χ3v) is 3.95. The molecule has 5 nitrogen and oxygen atoms in total. The summed E-state index contributed by atoms with van der Waals surface area (Å²) in [6, 6.07) is 11.4. The Morgan fingerprint density at radius 3 is 2.86 bits per heavy atom. The van der Waals surface area contributed by atoms with Crippen LogP contribution in [0, 0.1) is 0 Å². The molecule has 21 heavy (non-hydrogen) atoms. The van der Waals surface area contributed by atoms with Crippen LogP contribution in [0.5, 0.6) is 0 Å². The van der Waals surface area contributed by atoms with Gasteiger partial charge in [0.15, 0.2) is 0 Å². The summed E-state index contributed by atoms with van der Waals surface area (Å²) in [5, 5.41) is 10.6. The predicted molar refractivity (Wildman–Crippen MR) is 83.3 cm³/mol. The molecule has 0 saturated heterocycles. The minimum atomic E-state index is -0.256. The van der Waals surface area contributed by atoms with Gasteiger partial charge < -0.3 is 4.98 Å². The second-order valence-electron chi connectivity index (χ2n) is 4.61. The standard InChI is InChI=1S/C15H10N4OS/c20-15-10(7-13(18-19-15)9-5-6-21-8-9)14-16-11-3-1-2-4-12(11)17-14/h1-8H,(H,16,17)(H,19,20). The molecule has 4 aromatic rings. The molecule has 6 heteroatoms. The smallest absolute Gasteiger partial charge is 0.275 e. The third kappa shape index (κ3) is 2.05. The van der Waals surface area contributed by atoms with Gasteiger partial charge in [-0.15, -0.1) is 0 Å². The topological polar surface area (TPSA) is 74.4 Å². The number of thiophene rings is 1. The summed E-state index contributed by atoms with van der Waals surface area (Å²) < 4.78 is 0. The highest BCUT2D eigenvalue weighted by Crippen LogP contribution is 2.23. The van der Waals surface area contributed by atoms with Gasteiger partial charge in [0.25, 0.3) is 5.56 Å². The molecule has 102 valence electrons. The summed E-state index contributed by atoms with van der Waals surface area (Å²) in [5.41, 5.74) is 3.68. The summed E-state index contributed by atoms with van der Waals surface area (Å²) in [4.78, 5) is 19.7. The molecule has 0 aliphatic carbocycles. The van der Waals surface area contributed by atoms with E-state index in [9.17, 15) is 4.79 Å². The highest BCUT2D eigenvalue weighted by atomic mass is 32.1. The molecule has 3 aromatic heterocycles. The number of rotatable bonds is 2. The quantitative estimate of drug-likeness (QED) is 0.596.